The number of methoxy groups -OCH3 is 1. The SMILES string of the molecule is CC(C)(C)OC(=O)N1CC2CC=CCC2C1.COC=O.[HH]. The number of ether oxygens (including phenoxy) is 2. The second-order valence-corrected chi connectivity index (χ2v) is 6.18. The van der Waals surface area contributed by atoms with E-state index in [0.717, 1.165) is 25.9 Å². The highest BCUT2D eigenvalue weighted by molar-refractivity contribution is 5.68. The summed E-state index contributed by atoms with van der Waals surface area (Å²) in [5.41, 5.74) is -0.386. The summed E-state index contributed by atoms with van der Waals surface area (Å²) in [6, 6.07) is 0. The maximum atomic E-state index is 11.9. The number of hydrogen-bond donors (Lipinski definition) is 0. The van der Waals surface area contributed by atoms with Crippen molar-refractivity contribution in [3.63, 3.8) is 0 Å². The van der Waals surface area contributed by atoms with Crippen molar-refractivity contribution in [1.29, 1.82) is 0 Å². The molecule has 0 radical (unpaired) electrons. The monoisotopic (exact) mass is 285 g/mol. The molecule has 1 aliphatic heterocycles. The molecule has 0 aromatic carbocycles. The molecule has 116 valence electrons. The molecule has 2 unspecified atom stereocenters. The van der Waals surface area contributed by atoms with Gasteiger partial charge in [-0.25, -0.2) is 4.79 Å². The lowest BCUT2D eigenvalue weighted by Crippen LogP contribution is -2.35. The summed E-state index contributed by atoms with van der Waals surface area (Å²) in [6.45, 7) is 7.84. The van der Waals surface area contributed by atoms with Gasteiger partial charge in [-0.1, -0.05) is 12.2 Å². The normalized spacial score (nSPS) is 24.3. The van der Waals surface area contributed by atoms with E-state index in [0.29, 0.717) is 18.3 Å². The average molecular weight is 285 g/mol. The fourth-order valence-electron chi connectivity index (χ4n) is 2.49. The van der Waals surface area contributed by atoms with Crippen LogP contribution in [-0.4, -0.2) is 43.3 Å². The number of carbonyl (C=O) groups is 2. The third kappa shape index (κ3) is 5.23. The summed E-state index contributed by atoms with van der Waals surface area (Å²) in [6.07, 6.45) is 6.55. The van der Waals surface area contributed by atoms with Crippen LogP contribution in [0.4, 0.5) is 4.79 Å². The number of amides is 1. The Morgan fingerprint density at radius 3 is 2.05 bits per heavy atom. The van der Waals surface area contributed by atoms with E-state index >= 15 is 0 Å². The molecule has 2 rings (SSSR count). The molecule has 5 heteroatoms. The van der Waals surface area contributed by atoms with E-state index in [4.69, 9.17) is 9.53 Å². The minimum atomic E-state index is -0.386. The van der Waals surface area contributed by atoms with Crippen molar-refractivity contribution in [2.75, 3.05) is 20.2 Å². The van der Waals surface area contributed by atoms with Crippen LogP contribution in [-0.2, 0) is 14.3 Å². The first-order valence-corrected chi connectivity index (χ1v) is 6.96. The van der Waals surface area contributed by atoms with Gasteiger partial charge in [0.15, 0.2) is 0 Å². The Morgan fingerprint density at radius 2 is 1.70 bits per heavy atom. The molecule has 0 aromatic rings. The number of hydrogen-bond acceptors (Lipinski definition) is 4. The number of rotatable bonds is 1. The number of fused-ring (bicyclic) bond motifs is 1. The number of allylic oxidation sites excluding steroid dienone is 2. The predicted octanol–water partition coefficient (Wildman–Crippen LogP) is 2.85. The first-order chi connectivity index (χ1) is 9.37. The van der Waals surface area contributed by atoms with Crippen LogP contribution in [0.25, 0.3) is 0 Å². The summed E-state index contributed by atoms with van der Waals surface area (Å²) < 4.78 is 9.26. The van der Waals surface area contributed by atoms with E-state index in [9.17, 15) is 4.79 Å². The van der Waals surface area contributed by atoms with Crippen molar-refractivity contribution < 1.29 is 20.5 Å². The molecule has 2 atom stereocenters. The Balaban J connectivity index is 0.000000715. The smallest absolute Gasteiger partial charge is 0.410 e. The third-order valence-corrected chi connectivity index (χ3v) is 3.37. The summed E-state index contributed by atoms with van der Waals surface area (Å²) in [5, 5.41) is 0. The molecule has 5 nitrogen and oxygen atoms in total. The average Bonchev–Trinajstić information content (AvgIpc) is 2.81. The summed E-state index contributed by atoms with van der Waals surface area (Å²) in [5.74, 6) is 1.30. The molecule has 0 N–H and O–H groups in total. The fourth-order valence-corrected chi connectivity index (χ4v) is 2.49. The van der Waals surface area contributed by atoms with Crippen molar-refractivity contribution in [3.05, 3.63) is 12.2 Å². The quantitative estimate of drug-likeness (QED) is 0.549. The van der Waals surface area contributed by atoms with Crippen LogP contribution >= 0.6 is 0 Å². The van der Waals surface area contributed by atoms with Crippen molar-refractivity contribution in [1.82, 2.24) is 4.90 Å². The van der Waals surface area contributed by atoms with Gasteiger partial charge >= 0.3 is 6.09 Å². The molecule has 1 aliphatic carbocycles. The van der Waals surface area contributed by atoms with E-state index in [2.05, 4.69) is 16.9 Å². The summed E-state index contributed by atoms with van der Waals surface area (Å²) >= 11 is 0. The van der Waals surface area contributed by atoms with Gasteiger partial charge in [0.2, 0.25) is 0 Å². The van der Waals surface area contributed by atoms with Gasteiger partial charge in [0.1, 0.15) is 5.60 Å². The van der Waals surface area contributed by atoms with Crippen LogP contribution in [0, 0.1) is 11.8 Å². The van der Waals surface area contributed by atoms with Crippen LogP contribution in [0.1, 0.15) is 35.0 Å². The highest BCUT2D eigenvalue weighted by atomic mass is 16.6. The van der Waals surface area contributed by atoms with E-state index in [-0.39, 0.29) is 13.1 Å². The Morgan fingerprint density at radius 1 is 1.25 bits per heavy atom. The van der Waals surface area contributed by atoms with E-state index in [1.807, 2.05) is 25.7 Å². The number of likely N-dealkylation sites (tertiary alicyclic amines) is 1. The third-order valence-electron chi connectivity index (χ3n) is 3.37. The van der Waals surface area contributed by atoms with Gasteiger partial charge in [-0.3, -0.25) is 4.79 Å². The highest BCUT2D eigenvalue weighted by Crippen LogP contribution is 2.33. The lowest BCUT2D eigenvalue weighted by molar-refractivity contribution is -0.126. The van der Waals surface area contributed by atoms with Crippen molar-refractivity contribution >= 4 is 12.6 Å². The van der Waals surface area contributed by atoms with Gasteiger partial charge in [-0.05, 0) is 45.4 Å². The van der Waals surface area contributed by atoms with Gasteiger partial charge in [-0.2, -0.15) is 0 Å². The van der Waals surface area contributed by atoms with Gasteiger partial charge in [0.25, 0.3) is 6.47 Å². The van der Waals surface area contributed by atoms with Gasteiger partial charge < -0.3 is 14.4 Å². The second kappa shape index (κ2) is 7.31. The lowest BCUT2D eigenvalue weighted by Gasteiger charge is -2.24. The molecule has 1 amide bonds. The van der Waals surface area contributed by atoms with Crippen LogP contribution < -0.4 is 0 Å². The zero-order valence-electron chi connectivity index (χ0n) is 12.8. The Bertz CT molecular complexity index is 349. The van der Waals surface area contributed by atoms with Crippen molar-refractivity contribution in [3.8, 4) is 0 Å². The topological polar surface area (TPSA) is 55.8 Å². The summed E-state index contributed by atoms with van der Waals surface area (Å²) in [4.78, 5) is 22.7. The molecule has 0 spiro atoms. The largest absolute Gasteiger partial charge is 0.471 e. The van der Waals surface area contributed by atoms with Crippen molar-refractivity contribution in [2.45, 2.75) is 39.2 Å². The minimum absolute atomic E-state index is 0. The van der Waals surface area contributed by atoms with Crippen molar-refractivity contribution in [2.24, 2.45) is 11.8 Å². The number of nitrogens with zero attached hydrogens (tertiary/aromatic N) is 1. The number of carbonyl (C=O) groups excluding carboxylic acids is 2. The van der Waals surface area contributed by atoms with E-state index in [1.165, 1.54) is 7.11 Å². The standard InChI is InChI=1S/C13H21NO2.C2H4O2.H2/c1-13(2,3)16-12(15)14-8-10-6-4-5-7-11(10)9-14;1-4-2-3;/h4-5,10-11H,6-9H2,1-3H3;2H,1H3;1H. The zero-order chi connectivity index (χ0) is 15.2. The van der Waals surface area contributed by atoms with Crippen LogP contribution in [0.2, 0.25) is 0 Å². The zero-order valence-corrected chi connectivity index (χ0v) is 12.8. The Labute approximate surface area is 122 Å². The van der Waals surface area contributed by atoms with E-state index < -0.39 is 0 Å². The summed E-state index contributed by atoms with van der Waals surface area (Å²) in [7, 11) is 1.31. The van der Waals surface area contributed by atoms with Crippen LogP contribution in [0.5, 0.6) is 0 Å². The van der Waals surface area contributed by atoms with Gasteiger partial charge in [0, 0.05) is 14.5 Å². The predicted molar refractivity (Wildman–Crippen MR) is 78.3 cm³/mol. The van der Waals surface area contributed by atoms with Crippen LogP contribution in [0.3, 0.4) is 0 Å². The molecular formula is C15H27NO4. The second-order valence-electron chi connectivity index (χ2n) is 6.18. The highest BCUT2D eigenvalue weighted by Gasteiger charge is 2.36. The Kier molecular flexibility index (Phi) is 6.05. The Hall–Kier alpha value is -1.52. The van der Waals surface area contributed by atoms with Gasteiger partial charge in [-0.15, -0.1) is 0 Å². The molecule has 0 aromatic heterocycles. The fraction of sp³-hybridized carbons (Fsp3) is 0.733. The molecule has 0 bridgehead atoms. The van der Waals surface area contributed by atoms with Crippen LogP contribution in [0.15, 0.2) is 12.2 Å². The molecule has 1 saturated heterocycles. The van der Waals surface area contributed by atoms with E-state index in [1.54, 1.807) is 0 Å². The first-order valence-electron chi connectivity index (χ1n) is 6.96. The molecule has 2 aliphatic rings. The molecule has 20 heavy (non-hydrogen) atoms. The molecular weight excluding hydrogens is 258 g/mol. The molecule has 1 heterocycles. The molecule has 1 fully saturated rings. The minimum Gasteiger partial charge on any atom is -0.471 e. The maximum absolute atomic E-state index is 11.9. The van der Waals surface area contributed by atoms with Gasteiger partial charge in [0.05, 0.1) is 7.11 Å². The lowest BCUT2D eigenvalue weighted by atomic mass is 9.86. The maximum Gasteiger partial charge on any atom is 0.410 e. The molecule has 0 saturated carbocycles. The first kappa shape index (κ1) is 16.5.